The fraction of sp³-hybridized carbons (Fsp3) is 0.571. The van der Waals surface area contributed by atoms with Crippen LogP contribution in [0.2, 0.25) is 0 Å². The normalized spacial score (nSPS) is 10.2. The molecule has 0 unspecified atom stereocenters. The Labute approximate surface area is 109 Å². The number of carbonyl (C=O) groups is 1. The van der Waals surface area contributed by atoms with Crippen LogP contribution in [-0.4, -0.2) is 35.5 Å². The average molecular weight is 250 g/mol. The Bertz CT molecular complexity index is 357. The van der Waals surface area contributed by atoms with Crippen LogP contribution in [0.5, 0.6) is 5.88 Å². The summed E-state index contributed by atoms with van der Waals surface area (Å²) in [6.45, 7) is 8.22. The Morgan fingerprint density at radius 1 is 1.22 bits per heavy atom. The van der Waals surface area contributed by atoms with Crippen LogP contribution in [0.15, 0.2) is 18.3 Å². The van der Waals surface area contributed by atoms with E-state index in [9.17, 15) is 4.79 Å². The van der Waals surface area contributed by atoms with E-state index in [0.29, 0.717) is 18.1 Å². The van der Waals surface area contributed by atoms with Crippen molar-refractivity contribution in [2.45, 2.75) is 33.6 Å². The monoisotopic (exact) mass is 250 g/mol. The van der Waals surface area contributed by atoms with Gasteiger partial charge < -0.3 is 9.64 Å². The molecular weight excluding hydrogens is 228 g/mol. The van der Waals surface area contributed by atoms with Gasteiger partial charge >= 0.3 is 0 Å². The van der Waals surface area contributed by atoms with E-state index in [2.05, 4.69) is 18.8 Å². The van der Waals surface area contributed by atoms with Crippen molar-refractivity contribution in [3.05, 3.63) is 23.9 Å². The van der Waals surface area contributed by atoms with Crippen LogP contribution in [0.4, 0.5) is 0 Å². The van der Waals surface area contributed by atoms with Crippen molar-refractivity contribution in [3.63, 3.8) is 0 Å². The van der Waals surface area contributed by atoms with Crippen molar-refractivity contribution in [2.75, 3.05) is 19.7 Å². The van der Waals surface area contributed by atoms with Gasteiger partial charge in [-0.25, -0.2) is 4.98 Å². The molecule has 0 spiro atoms. The van der Waals surface area contributed by atoms with Gasteiger partial charge in [-0.2, -0.15) is 0 Å². The van der Waals surface area contributed by atoms with Crippen molar-refractivity contribution >= 4 is 5.91 Å². The SMILES string of the molecule is CCCN(CCC)C(=O)c1ccc(OCC)nc1. The number of nitrogens with zero attached hydrogens (tertiary/aromatic N) is 2. The molecule has 0 aliphatic rings. The summed E-state index contributed by atoms with van der Waals surface area (Å²) in [6, 6.07) is 3.52. The molecule has 1 rings (SSSR count). The summed E-state index contributed by atoms with van der Waals surface area (Å²) in [6.07, 6.45) is 3.53. The average Bonchev–Trinajstić information content (AvgIpc) is 2.39. The minimum Gasteiger partial charge on any atom is -0.478 e. The predicted molar refractivity (Wildman–Crippen MR) is 71.9 cm³/mol. The largest absolute Gasteiger partial charge is 0.478 e. The first-order valence-corrected chi connectivity index (χ1v) is 6.61. The van der Waals surface area contributed by atoms with E-state index in [1.165, 1.54) is 0 Å². The van der Waals surface area contributed by atoms with E-state index in [0.717, 1.165) is 25.9 Å². The summed E-state index contributed by atoms with van der Waals surface area (Å²) in [5.41, 5.74) is 0.625. The lowest BCUT2D eigenvalue weighted by Crippen LogP contribution is -2.32. The third kappa shape index (κ3) is 4.02. The molecule has 0 aliphatic carbocycles. The van der Waals surface area contributed by atoms with E-state index < -0.39 is 0 Å². The molecule has 0 saturated carbocycles. The van der Waals surface area contributed by atoms with Gasteiger partial charge in [0.05, 0.1) is 12.2 Å². The van der Waals surface area contributed by atoms with Gasteiger partial charge in [0.25, 0.3) is 5.91 Å². The highest BCUT2D eigenvalue weighted by molar-refractivity contribution is 5.93. The molecule has 0 fully saturated rings. The first-order valence-electron chi connectivity index (χ1n) is 6.61. The standard InChI is InChI=1S/C14H22N2O2/c1-4-9-16(10-5-2)14(17)12-7-8-13(15-11-12)18-6-3/h7-8,11H,4-6,9-10H2,1-3H3. The zero-order valence-electron chi connectivity index (χ0n) is 11.5. The van der Waals surface area contributed by atoms with Crippen LogP contribution < -0.4 is 4.74 Å². The Morgan fingerprint density at radius 2 is 1.89 bits per heavy atom. The van der Waals surface area contributed by atoms with E-state index >= 15 is 0 Å². The van der Waals surface area contributed by atoms with Crippen molar-refractivity contribution in [3.8, 4) is 5.88 Å². The molecular formula is C14H22N2O2. The summed E-state index contributed by atoms with van der Waals surface area (Å²) in [5, 5.41) is 0. The lowest BCUT2D eigenvalue weighted by Gasteiger charge is -2.21. The van der Waals surface area contributed by atoms with Crippen molar-refractivity contribution in [1.82, 2.24) is 9.88 Å². The zero-order chi connectivity index (χ0) is 13.4. The Balaban J connectivity index is 2.74. The van der Waals surface area contributed by atoms with Gasteiger partial charge in [-0.3, -0.25) is 4.79 Å². The summed E-state index contributed by atoms with van der Waals surface area (Å²) in [4.78, 5) is 18.2. The molecule has 0 bridgehead atoms. The number of rotatable bonds is 7. The molecule has 0 radical (unpaired) electrons. The van der Waals surface area contributed by atoms with Gasteiger partial charge in [0, 0.05) is 25.4 Å². The lowest BCUT2D eigenvalue weighted by atomic mass is 10.2. The van der Waals surface area contributed by atoms with Gasteiger partial charge in [0.15, 0.2) is 0 Å². The van der Waals surface area contributed by atoms with Crippen LogP contribution in [0.1, 0.15) is 44.0 Å². The number of hydrogen-bond donors (Lipinski definition) is 0. The quantitative estimate of drug-likeness (QED) is 0.747. The minimum absolute atomic E-state index is 0.0502. The van der Waals surface area contributed by atoms with Crippen LogP contribution in [0, 0.1) is 0 Å². The first-order chi connectivity index (χ1) is 8.72. The molecule has 0 aliphatic heterocycles. The first kappa shape index (κ1) is 14.5. The zero-order valence-corrected chi connectivity index (χ0v) is 11.5. The molecule has 0 N–H and O–H groups in total. The predicted octanol–water partition coefficient (Wildman–Crippen LogP) is 2.74. The van der Waals surface area contributed by atoms with Gasteiger partial charge in [-0.1, -0.05) is 13.8 Å². The molecule has 4 heteroatoms. The molecule has 1 aromatic rings. The molecule has 1 aromatic heterocycles. The van der Waals surface area contributed by atoms with E-state index in [4.69, 9.17) is 4.74 Å². The number of carbonyl (C=O) groups excluding carboxylic acids is 1. The van der Waals surface area contributed by atoms with Crippen molar-refractivity contribution in [2.24, 2.45) is 0 Å². The van der Waals surface area contributed by atoms with E-state index in [1.807, 2.05) is 11.8 Å². The fourth-order valence-corrected chi connectivity index (χ4v) is 1.78. The molecule has 4 nitrogen and oxygen atoms in total. The molecule has 1 amide bonds. The van der Waals surface area contributed by atoms with Gasteiger partial charge in [0.1, 0.15) is 0 Å². The molecule has 1 heterocycles. The summed E-state index contributed by atoms with van der Waals surface area (Å²) >= 11 is 0. The Morgan fingerprint density at radius 3 is 2.33 bits per heavy atom. The number of hydrogen-bond acceptors (Lipinski definition) is 3. The highest BCUT2D eigenvalue weighted by Crippen LogP contribution is 2.10. The smallest absolute Gasteiger partial charge is 0.255 e. The van der Waals surface area contributed by atoms with Gasteiger partial charge in [-0.15, -0.1) is 0 Å². The summed E-state index contributed by atoms with van der Waals surface area (Å²) < 4.78 is 5.26. The van der Waals surface area contributed by atoms with Crippen LogP contribution >= 0.6 is 0 Å². The second-order valence-electron chi connectivity index (χ2n) is 4.11. The number of amides is 1. The Kier molecular flexibility index (Phi) is 6.19. The fourth-order valence-electron chi connectivity index (χ4n) is 1.78. The second-order valence-corrected chi connectivity index (χ2v) is 4.11. The highest BCUT2D eigenvalue weighted by atomic mass is 16.5. The van der Waals surface area contributed by atoms with Gasteiger partial charge in [-0.05, 0) is 25.8 Å². The van der Waals surface area contributed by atoms with Crippen LogP contribution in [-0.2, 0) is 0 Å². The number of ether oxygens (including phenoxy) is 1. The number of pyridine rings is 1. The van der Waals surface area contributed by atoms with Crippen molar-refractivity contribution in [1.29, 1.82) is 0 Å². The van der Waals surface area contributed by atoms with Crippen molar-refractivity contribution < 1.29 is 9.53 Å². The number of aromatic nitrogens is 1. The molecule has 0 atom stereocenters. The minimum atomic E-state index is 0.0502. The summed E-state index contributed by atoms with van der Waals surface area (Å²) in [7, 11) is 0. The van der Waals surface area contributed by atoms with Crippen LogP contribution in [0.25, 0.3) is 0 Å². The molecule has 0 saturated heterocycles. The maximum Gasteiger partial charge on any atom is 0.255 e. The molecule has 0 aromatic carbocycles. The topological polar surface area (TPSA) is 42.4 Å². The van der Waals surface area contributed by atoms with E-state index in [-0.39, 0.29) is 5.91 Å². The molecule has 18 heavy (non-hydrogen) atoms. The second kappa shape index (κ2) is 7.69. The lowest BCUT2D eigenvalue weighted by molar-refractivity contribution is 0.0755. The van der Waals surface area contributed by atoms with Crippen LogP contribution in [0.3, 0.4) is 0 Å². The maximum atomic E-state index is 12.2. The van der Waals surface area contributed by atoms with E-state index in [1.54, 1.807) is 18.3 Å². The third-order valence-electron chi connectivity index (χ3n) is 2.55. The summed E-state index contributed by atoms with van der Waals surface area (Å²) in [5.74, 6) is 0.612. The molecule has 100 valence electrons. The Hall–Kier alpha value is -1.58. The highest BCUT2D eigenvalue weighted by Gasteiger charge is 2.14. The third-order valence-corrected chi connectivity index (χ3v) is 2.55. The maximum absolute atomic E-state index is 12.2. The van der Waals surface area contributed by atoms with Gasteiger partial charge in [0.2, 0.25) is 5.88 Å².